The minimum Gasteiger partial charge on any atom is -0.458 e. The van der Waals surface area contributed by atoms with Crippen LogP contribution in [-0.4, -0.2) is 22.7 Å². The van der Waals surface area contributed by atoms with E-state index in [4.69, 9.17) is 9.15 Å². The predicted octanol–water partition coefficient (Wildman–Crippen LogP) is 3.23. The van der Waals surface area contributed by atoms with Gasteiger partial charge in [-0.15, -0.1) is 0 Å². The highest BCUT2D eigenvalue weighted by Gasteiger charge is 2.23. The second kappa shape index (κ2) is 6.36. The molecule has 0 saturated carbocycles. The average molecular weight is 303 g/mol. The van der Waals surface area contributed by atoms with Crippen molar-refractivity contribution in [3.8, 4) is 0 Å². The van der Waals surface area contributed by atoms with Crippen molar-refractivity contribution in [2.45, 2.75) is 45.6 Å². The number of rotatable bonds is 5. The van der Waals surface area contributed by atoms with Crippen molar-refractivity contribution in [2.75, 3.05) is 11.9 Å². The lowest BCUT2D eigenvalue weighted by Gasteiger charge is -2.11. The van der Waals surface area contributed by atoms with E-state index in [1.54, 1.807) is 6.26 Å². The monoisotopic (exact) mass is 303 g/mol. The topological polar surface area (TPSA) is 80.2 Å². The Morgan fingerprint density at radius 1 is 1.55 bits per heavy atom. The fourth-order valence-electron chi connectivity index (χ4n) is 2.77. The summed E-state index contributed by atoms with van der Waals surface area (Å²) in [5, 5.41) is 9.94. The van der Waals surface area contributed by atoms with Gasteiger partial charge in [0.1, 0.15) is 0 Å². The van der Waals surface area contributed by atoms with Gasteiger partial charge >= 0.3 is 0 Å². The summed E-state index contributed by atoms with van der Waals surface area (Å²) in [6, 6.07) is 1.89. The quantitative estimate of drug-likeness (QED) is 0.888. The highest BCUT2D eigenvalue weighted by atomic mass is 16.5. The molecule has 0 aliphatic carbocycles. The number of hydrogen-bond donors (Lipinski definition) is 2. The van der Waals surface area contributed by atoms with Crippen LogP contribution in [0, 0.1) is 0 Å². The van der Waals surface area contributed by atoms with E-state index in [0.717, 1.165) is 29.7 Å². The van der Waals surface area contributed by atoms with E-state index in [1.807, 2.05) is 6.07 Å². The lowest BCUT2D eigenvalue weighted by Crippen LogP contribution is -2.16. The molecule has 118 valence electrons. The zero-order valence-corrected chi connectivity index (χ0v) is 12.9. The molecule has 1 atom stereocenters. The van der Waals surface area contributed by atoms with E-state index in [1.165, 1.54) is 0 Å². The third-order valence-electron chi connectivity index (χ3n) is 4.03. The van der Waals surface area contributed by atoms with Crippen LogP contribution in [0.3, 0.4) is 0 Å². The SMILES string of the molecule is CCCC(C)c1cc(NC(=O)c2occ3c2CCOC3)n[nH]1. The molecule has 1 aliphatic rings. The number of nitrogens with zero attached hydrogens (tertiary/aromatic N) is 1. The molecule has 0 radical (unpaired) electrons. The molecule has 3 rings (SSSR count). The van der Waals surface area contributed by atoms with Crippen LogP contribution in [0.25, 0.3) is 0 Å². The standard InChI is InChI=1S/C16H21N3O3/c1-3-4-10(2)13-7-14(19-18-13)17-16(20)15-12-5-6-21-8-11(12)9-22-15/h7,9-10H,3-6,8H2,1-2H3,(H2,17,18,19,20). The fourth-order valence-corrected chi connectivity index (χ4v) is 2.77. The smallest absolute Gasteiger partial charge is 0.292 e. The van der Waals surface area contributed by atoms with Gasteiger partial charge in [0.15, 0.2) is 11.6 Å². The van der Waals surface area contributed by atoms with Crippen LogP contribution in [0.2, 0.25) is 0 Å². The number of aromatic amines is 1. The van der Waals surface area contributed by atoms with Gasteiger partial charge < -0.3 is 14.5 Å². The lowest BCUT2D eigenvalue weighted by atomic mass is 10.0. The van der Waals surface area contributed by atoms with Crippen molar-refractivity contribution in [3.05, 3.63) is 34.9 Å². The van der Waals surface area contributed by atoms with Crippen LogP contribution in [0.1, 0.15) is 60.0 Å². The maximum Gasteiger partial charge on any atom is 0.292 e. The number of H-pyrrole nitrogens is 1. The molecule has 2 aromatic rings. The third kappa shape index (κ3) is 2.92. The van der Waals surface area contributed by atoms with Crippen molar-refractivity contribution in [1.82, 2.24) is 10.2 Å². The fraction of sp³-hybridized carbons (Fsp3) is 0.500. The number of hydrogen-bond acceptors (Lipinski definition) is 4. The van der Waals surface area contributed by atoms with Gasteiger partial charge in [-0.3, -0.25) is 9.89 Å². The Labute approximate surface area is 129 Å². The van der Waals surface area contributed by atoms with Gasteiger partial charge in [0.05, 0.1) is 19.5 Å². The van der Waals surface area contributed by atoms with E-state index in [0.29, 0.717) is 37.1 Å². The molecule has 22 heavy (non-hydrogen) atoms. The van der Waals surface area contributed by atoms with Gasteiger partial charge in [0, 0.05) is 29.3 Å². The first-order valence-electron chi connectivity index (χ1n) is 7.72. The number of furan rings is 1. The summed E-state index contributed by atoms with van der Waals surface area (Å²) < 4.78 is 10.8. The maximum atomic E-state index is 12.4. The van der Waals surface area contributed by atoms with Gasteiger partial charge in [-0.1, -0.05) is 20.3 Å². The largest absolute Gasteiger partial charge is 0.458 e. The molecule has 0 spiro atoms. The molecular weight excluding hydrogens is 282 g/mol. The summed E-state index contributed by atoms with van der Waals surface area (Å²) in [5.41, 5.74) is 2.93. The highest BCUT2D eigenvalue weighted by Crippen LogP contribution is 2.24. The summed E-state index contributed by atoms with van der Waals surface area (Å²) in [4.78, 5) is 12.4. The molecule has 1 amide bonds. The van der Waals surface area contributed by atoms with Crippen LogP contribution >= 0.6 is 0 Å². The summed E-state index contributed by atoms with van der Waals surface area (Å²) in [6.45, 7) is 5.42. The molecular formula is C16H21N3O3. The normalized spacial score (nSPS) is 15.4. The van der Waals surface area contributed by atoms with Crippen LogP contribution in [0.15, 0.2) is 16.7 Å². The zero-order valence-electron chi connectivity index (χ0n) is 12.9. The van der Waals surface area contributed by atoms with Crippen molar-refractivity contribution in [1.29, 1.82) is 0 Å². The van der Waals surface area contributed by atoms with Gasteiger partial charge in [-0.05, 0) is 12.3 Å². The first-order chi connectivity index (χ1) is 10.7. The second-order valence-corrected chi connectivity index (χ2v) is 5.72. The number of fused-ring (bicyclic) bond motifs is 1. The van der Waals surface area contributed by atoms with Crippen LogP contribution in [-0.2, 0) is 17.8 Å². The Hall–Kier alpha value is -2.08. The Morgan fingerprint density at radius 2 is 2.41 bits per heavy atom. The number of carbonyl (C=O) groups excluding carboxylic acids is 1. The van der Waals surface area contributed by atoms with Crippen LogP contribution in [0.5, 0.6) is 0 Å². The molecule has 2 aromatic heterocycles. The molecule has 3 heterocycles. The van der Waals surface area contributed by atoms with E-state index >= 15 is 0 Å². The summed E-state index contributed by atoms with van der Waals surface area (Å²) in [7, 11) is 0. The van der Waals surface area contributed by atoms with Crippen molar-refractivity contribution >= 4 is 11.7 Å². The van der Waals surface area contributed by atoms with E-state index < -0.39 is 0 Å². The maximum absolute atomic E-state index is 12.4. The molecule has 6 nitrogen and oxygen atoms in total. The van der Waals surface area contributed by atoms with Crippen molar-refractivity contribution in [2.24, 2.45) is 0 Å². The number of ether oxygens (including phenoxy) is 1. The minimum absolute atomic E-state index is 0.260. The van der Waals surface area contributed by atoms with Crippen LogP contribution < -0.4 is 5.32 Å². The molecule has 1 aliphatic heterocycles. The predicted molar refractivity (Wildman–Crippen MR) is 81.9 cm³/mol. The molecule has 0 bridgehead atoms. The average Bonchev–Trinajstić information content (AvgIpc) is 3.14. The van der Waals surface area contributed by atoms with Crippen LogP contribution in [0.4, 0.5) is 5.82 Å². The lowest BCUT2D eigenvalue weighted by molar-refractivity contribution is 0.0988. The summed E-state index contributed by atoms with van der Waals surface area (Å²) in [6.07, 6.45) is 4.50. The van der Waals surface area contributed by atoms with E-state index in [-0.39, 0.29) is 5.91 Å². The molecule has 1 unspecified atom stereocenters. The first kappa shape index (κ1) is 14.8. The Morgan fingerprint density at radius 3 is 3.23 bits per heavy atom. The number of nitrogens with one attached hydrogen (secondary N) is 2. The Kier molecular flexibility index (Phi) is 4.29. The molecule has 0 saturated heterocycles. The molecule has 0 fully saturated rings. The Balaban J connectivity index is 1.71. The number of aromatic nitrogens is 2. The number of amides is 1. The molecule has 2 N–H and O–H groups in total. The number of carbonyl (C=O) groups is 1. The zero-order chi connectivity index (χ0) is 15.5. The minimum atomic E-state index is -0.260. The molecule has 0 aromatic carbocycles. The van der Waals surface area contributed by atoms with E-state index in [9.17, 15) is 4.79 Å². The van der Waals surface area contributed by atoms with Gasteiger partial charge in [0.25, 0.3) is 5.91 Å². The summed E-state index contributed by atoms with van der Waals surface area (Å²) in [5.74, 6) is 1.03. The van der Waals surface area contributed by atoms with E-state index in [2.05, 4.69) is 29.4 Å². The third-order valence-corrected chi connectivity index (χ3v) is 4.03. The van der Waals surface area contributed by atoms with Crippen molar-refractivity contribution in [3.63, 3.8) is 0 Å². The number of anilines is 1. The Bertz CT molecular complexity index is 659. The first-order valence-corrected chi connectivity index (χ1v) is 7.72. The highest BCUT2D eigenvalue weighted by molar-refractivity contribution is 6.03. The second-order valence-electron chi connectivity index (χ2n) is 5.72. The summed E-state index contributed by atoms with van der Waals surface area (Å²) >= 11 is 0. The van der Waals surface area contributed by atoms with Gasteiger partial charge in [-0.25, -0.2) is 0 Å². The van der Waals surface area contributed by atoms with Gasteiger partial charge in [0.2, 0.25) is 0 Å². The van der Waals surface area contributed by atoms with Crippen molar-refractivity contribution < 1.29 is 13.9 Å². The molecule has 6 heteroatoms. The van der Waals surface area contributed by atoms with Gasteiger partial charge in [-0.2, -0.15) is 5.10 Å².